The van der Waals surface area contributed by atoms with Crippen molar-refractivity contribution in [2.45, 2.75) is 26.7 Å². The summed E-state index contributed by atoms with van der Waals surface area (Å²) in [5, 5.41) is 0.610. The topological polar surface area (TPSA) is 58.7 Å². The van der Waals surface area contributed by atoms with E-state index in [9.17, 15) is 4.79 Å². The predicted molar refractivity (Wildman–Crippen MR) is 84.7 cm³/mol. The minimum atomic E-state index is -0.626. The lowest BCUT2D eigenvalue weighted by molar-refractivity contribution is -0.127. The summed E-state index contributed by atoms with van der Waals surface area (Å²) in [6, 6.07) is 0.188. The van der Waals surface area contributed by atoms with Crippen LogP contribution in [0.4, 0.5) is 0 Å². The molecule has 0 bridgehead atoms. The lowest BCUT2D eigenvalue weighted by Crippen LogP contribution is -2.41. The Kier molecular flexibility index (Phi) is 4.89. The smallest absolute Gasteiger partial charge is 0.236 e. The summed E-state index contributed by atoms with van der Waals surface area (Å²) >= 11 is 12.6. The molecule has 1 amide bonds. The van der Waals surface area contributed by atoms with Gasteiger partial charge in [0.2, 0.25) is 5.91 Å². The van der Waals surface area contributed by atoms with Crippen LogP contribution in [-0.2, 0) is 4.79 Å². The van der Waals surface area contributed by atoms with Gasteiger partial charge in [0.15, 0.2) is 5.96 Å². The minimum Gasteiger partial charge on any atom is -0.369 e. The van der Waals surface area contributed by atoms with Crippen LogP contribution in [0.5, 0.6) is 0 Å². The Morgan fingerprint density at radius 2 is 2.05 bits per heavy atom. The highest BCUT2D eigenvalue weighted by Gasteiger charge is 2.26. The number of halogens is 2. The Labute approximate surface area is 131 Å². The van der Waals surface area contributed by atoms with E-state index >= 15 is 0 Å². The number of rotatable bonds is 2. The first-order chi connectivity index (χ1) is 9.64. The van der Waals surface area contributed by atoms with Crippen molar-refractivity contribution in [3.8, 4) is 0 Å². The first-order valence-corrected chi connectivity index (χ1v) is 6.85. The molecule has 4 nitrogen and oxygen atoms in total. The van der Waals surface area contributed by atoms with Crippen molar-refractivity contribution in [2.24, 2.45) is 10.7 Å². The van der Waals surface area contributed by atoms with Crippen LogP contribution < -0.4 is 5.73 Å². The van der Waals surface area contributed by atoms with E-state index in [2.05, 4.69) is 4.99 Å². The predicted octanol–water partition coefficient (Wildman–Crippen LogP) is 3.12. The number of benzene rings is 1. The van der Waals surface area contributed by atoms with Gasteiger partial charge in [-0.2, -0.15) is 0 Å². The van der Waals surface area contributed by atoms with Crippen molar-refractivity contribution in [1.29, 1.82) is 0 Å². The summed E-state index contributed by atoms with van der Waals surface area (Å²) in [5.41, 5.74) is 7.55. The van der Waals surface area contributed by atoms with E-state index in [-0.39, 0.29) is 22.9 Å². The van der Waals surface area contributed by atoms with Crippen LogP contribution in [0.2, 0.25) is 10.0 Å². The number of nitrogens with two attached hydrogens (primary N) is 1. The largest absolute Gasteiger partial charge is 0.369 e. The van der Waals surface area contributed by atoms with E-state index in [0.29, 0.717) is 16.1 Å². The highest BCUT2D eigenvalue weighted by Crippen LogP contribution is 2.36. The molecule has 2 N–H and O–H groups in total. The van der Waals surface area contributed by atoms with Gasteiger partial charge in [0, 0.05) is 29.7 Å². The van der Waals surface area contributed by atoms with Gasteiger partial charge in [0.05, 0.1) is 7.29 Å². The van der Waals surface area contributed by atoms with Gasteiger partial charge in [-0.15, -0.1) is 0 Å². The Hall–Kier alpha value is -1.26. The second kappa shape index (κ2) is 6.46. The number of carbonyl (C=O) groups excluding carboxylic acids is 1. The minimum absolute atomic E-state index is 0.106. The van der Waals surface area contributed by atoms with Crippen molar-refractivity contribution in [2.75, 3.05) is 14.1 Å². The van der Waals surface area contributed by atoms with E-state index in [1.807, 2.05) is 0 Å². The van der Waals surface area contributed by atoms with Crippen LogP contribution in [-0.4, -0.2) is 30.9 Å². The van der Waals surface area contributed by atoms with Crippen molar-refractivity contribution < 1.29 is 6.17 Å². The van der Waals surface area contributed by atoms with Crippen LogP contribution >= 0.6 is 23.2 Å². The Bertz CT molecular complexity index is 588. The third kappa shape index (κ3) is 3.07. The number of guanidine groups is 1. The van der Waals surface area contributed by atoms with Crippen molar-refractivity contribution in [1.82, 2.24) is 4.90 Å². The average molecular weight is 317 g/mol. The Morgan fingerprint density at radius 1 is 1.50 bits per heavy atom. The molecule has 1 unspecified atom stereocenters. The van der Waals surface area contributed by atoms with Gasteiger partial charge < -0.3 is 5.73 Å². The highest BCUT2D eigenvalue weighted by atomic mass is 35.5. The molecule has 0 aliphatic heterocycles. The van der Waals surface area contributed by atoms with E-state index in [4.69, 9.17) is 30.3 Å². The van der Waals surface area contributed by atoms with Gasteiger partial charge in [0.1, 0.15) is 0 Å². The molecule has 0 fully saturated rings. The normalized spacial score (nSPS) is 13.9. The summed E-state index contributed by atoms with van der Waals surface area (Å²) in [5.74, 6) is -0.808. The van der Waals surface area contributed by atoms with E-state index in [1.54, 1.807) is 20.8 Å². The van der Waals surface area contributed by atoms with Crippen molar-refractivity contribution in [3.63, 3.8) is 0 Å². The summed E-state index contributed by atoms with van der Waals surface area (Å²) in [6.45, 7) is 5.26. The van der Waals surface area contributed by atoms with Crippen molar-refractivity contribution in [3.05, 3.63) is 32.8 Å². The molecule has 0 aromatic heterocycles. The van der Waals surface area contributed by atoms with Gasteiger partial charge in [-0.3, -0.25) is 14.7 Å². The fraction of sp³-hybridized carbons (Fsp3) is 0.429. The third-order valence-corrected chi connectivity index (χ3v) is 4.15. The number of hydrogen-bond acceptors (Lipinski definition) is 2. The number of aliphatic imine (C=N–C) groups is 1. The first kappa shape index (κ1) is 15.1. The Morgan fingerprint density at radius 3 is 2.55 bits per heavy atom. The number of amides is 1. The molecule has 0 radical (unpaired) electrons. The summed E-state index contributed by atoms with van der Waals surface area (Å²) < 4.78 is 8.02. The lowest BCUT2D eigenvalue weighted by atomic mass is 9.95. The maximum atomic E-state index is 12.4. The van der Waals surface area contributed by atoms with Crippen LogP contribution in [0.15, 0.2) is 11.0 Å². The third-order valence-electron chi connectivity index (χ3n) is 3.37. The maximum absolute atomic E-state index is 12.4. The molecule has 0 aliphatic rings. The molecule has 1 rings (SSSR count). The molecular weight excluding hydrogens is 297 g/mol. The fourth-order valence-electron chi connectivity index (χ4n) is 1.85. The molecule has 1 aromatic carbocycles. The molecule has 110 valence electrons. The molecule has 20 heavy (non-hydrogen) atoms. The monoisotopic (exact) mass is 316 g/mol. The molecule has 6 heteroatoms. The summed E-state index contributed by atoms with van der Waals surface area (Å²) in [7, 11) is 3.04. The standard InChI is InChI=1S/C14H19Cl2N3O/c1-7-6-10(15)11(12(16)8(7)2)9(3)13(20)19(5)14(17)18-4/h6,9H,1-5H3,(H2,17,18)/i6D. The van der Waals surface area contributed by atoms with Gasteiger partial charge in [-0.1, -0.05) is 23.2 Å². The molecule has 0 heterocycles. The first-order valence-electron chi connectivity index (χ1n) is 6.59. The number of likely N-dealkylation sites (N-methyl/N-ethyl adjacent to an activating group) is 1. The molecule has 0 spiro atoms. The fourth-order valence-corrected chi connectivity index (χ4v) is 2.69. The van der Waals surface area contributed by atoms with Gasteiger partial charge in [-0.05, 0) is 37.9 Å². The second-order valence-corrected chi connectivity index (χ2v) is 5.37. The maximum Gasteiger partial charge on any atom is 0.236 e. The zero-order valence-corrected chi connectivity index (χ0v) is 13.7. The molecule has 0 saturated heterocycles. The van der Waals surface area contributed by atoms with Gasteiger partial charge in [-0.25, -0.2) is 0 Å². The van der Waals surface area contributed by atoms with Gasteiger partial charge >= 0.3 is 0 Å². The summed E-state index contributed by atoms with van der Waals surface area (Å²) in [4.78, 5) is 17.5. The summed E-state index contributed by atoms with van der Waals surface area (Å²) in [6.07, 6.45) is 0. The lowest BCUT2D eigenvalue weighted by Gasteiger charge is -2.23. The molecule has 0 aliphatic carbocycles. The van der Waals surface area contributed by atoms with Crippen molar-refractivity contribution >= 4 is 35.1 Å². The second-order valence-electron chi connectivity index (χ2n) is 4.62. The van der Waals surface area contributed by atoms with Crippen LogP contribution in [0.25, 0.3) is 0 Å². The zero-order valence-electron chi connectivity index (χ0n) is 13.2. The van der Waals surface area contributed by atoms with Crippen LogP contribution in [0.3, 0.4) is 0 Å². The highest BCUT2D eigenvalue weighted by molar-refractivity contribution is 6.37. The Balaban J connectivity index is 3.38. The number of nitrogens with zero attached hydrogens (tertiary/aromatic N) is 2. The number of hydrogen-bond donors (Lipinski definition) is 1. The van der Waals surface area contributed by atoms with Crippen LogP contribution in [0.1, 0.15) is 30.9 Å². The van der Waals surface area contributed by atoms with Gasteiger partial charge in [0.25, 0.3) is 0 Å². The average Bonchev–Trinajstić information content (AvgIpc) is 2.48. The molecule has 0 saturated carbocycles. The van der Waals surface area contributed by atoms with E-state index < -0.39 is 5.92 Å². The van der Waals surface area contributed by atoms with Crippen LogP contribution in [0, 0.1) is 13.8 Å². The quantitative estimate of drug-likeness (QED) is 0.673. The molecular formula is C14H19Cl2N3O. The molecule has 1 atom stereocenters. The van der Waals surface area contributed by atoms with E-state index in [0.717, 1.165) is 5.56 Å². The number of carbonyl (C=O) groups is 1. The zero-order chi connectivity index (χ0) is 16.5. The molecule has 1 aromatic rings. The SMILES string of the molecule is [2H]c1c(C)c(C)c(Cl)c(C(C)C(=O)N(C)C(N)=NC)c1Cl. The van der Waals surface area contributed by atoms with E-state index in [1.165, 1.54) is 19.0 Å².